The first-order chi connectivity index (χ1) is 7.36. The zero-order valence-corrected chi connectivity index (χ0v) is 8.72. The Morgan fingerprint density at radius 1 is 1.33 bits per heavy atom. The van der Waals surface area contributed by atoms with E-state index in [4.69, 9.17) is 0 Å². The number of benzene rings is 1. The zero-order valence-electron chi connectivity index (χ0n) is 8.72. The third kappa shape index (κ3) is 1.25. The molecule has 0 amide bonds. The van der Waals surface area contributed by atoms with Crippen LogP contribution in [0.3, 0.4) is 0 Å². The lowest BCUT2D eigenvalue weighted by Gasteiger charge is -1.95. The quantitative estimate of drug-likeness (QED) is 0.598. The molecule has 0 radical (unpaired) electrons. The summed E-state index contributed by atoms with van der Waals surface area (Å²) in [6.07, 6.45) is 2.30. The van der Waals surface area contributed by atoms with Gasteiger partial charge in [-0.3, -0.25) is 4.58 Å². The van der Waals surface area contributed by atoms with Crippen molar-refractivity contribution in [1.29, 1.82) is 0 Å². The van der Waals surface area contributed by atoms with E-state index in [1.807, 2.05) is 22.9 Å². The van der Waals surface area contributed by atoms with Crippen molar-refractivity contribution >= 4 is 16.9 Å². The van der Waals surface area contributed by atoms with E-state index in [1.165, 1.54) is 12.3 Å². The fourth-order valence-corrected chi connectivity index (χ4v) is 2.12. The van der Waals surface area contributed by atoms with Crippen molar-refractivity contribution in [3.8, 4) is 0 Å². The number of aromatic nitrogens is 3. The lowest BCUT2D eigenvalue weighted by atomic mass is 10.3. The molecule has 15 heavy (non-hydrogen) atoms. The number of para-hydroxylation sites is 1. The minimum absolute atomic E-state index is 0.963. The van der Waals surface area contributed by atoms with Crippen molar-refractivity contribution in [1.82, 2.24) is 15.0 Å². The highest BCUT2D eigenvalue weighted by Crippen LogP contribution is 2.13. The Labute approximate surface area is 87.8 Å². The van der Waals surface area contributed by atoms with Gasteiger partial charge < -0.3 is 0 Å². The predicted octanol–water partition coefficient (Wildman–Crippen LogP) is 1.11. The van der Waals surface area contributed by atoms with Crippen molar-refractivity contribution < 1.29 is 4.58 Å². The van der Waals surface area contributed by atoms with Gasteiger partial charge in [-0.25, -0.2) is 0 Å². The molecule has 0 bridgehead atoms. The molecule has 0 atom stereocenters. The van der Waals surface area contributed by atoms with Gasteiger partial charge in [-0.1, -0.05) is 16.8 Å². The molecule has 2 aromatic rings. The minimum atomic E-state index is 0.963. The molecule has 0 spiro atoms. The van der Waals surface area contributed by atoms with E-state index in [0.717, 1.165) is 24.0 Å². The second kappa shape index (κ2) is 3.15. The van der Waals surface area contributed by atoms with Gasteiger partial charge in [0.1, 0.15) is 5.52 Å². The molecule has 3 rings (SSSR count). The first-order valence-corrected chi connectivity index (χ1v) is 5.24. The van der Waals surface area contributed by atoms with Crippen molar-refractivity contribution in [2.24, 2.45) is 0 Å². The second-order valence-electron chi connectivity index (χ2n) is 3.93. The van der Waals surface area contributed by atoms with E-state index < -0.39 is 0 Å². The van der Waals surface area contributed by atoms with Crippen LogP contribution in [-0.2, 0) is 0 Å². The number of hydrogen-bond acceptors (Lipinski definition) is 2. The molecule has 0 unspecified atom stereocenters. The molecular formula is C11H13N4+. The zero-order chi connectivity index (χ0) is 10.3. The maximum atomic E-state index is 4.22. The van der Waals surface area contributed by atoms with Crippen LogP contribution in [0.4, 0.5) is 0 Å². The molecule has 0 N–H and O–H groups in total. The lowest BCUT2D eigenvalue weighted by molar-refractivity contribution is -0.490. The average molecular weight is 201 g/mol. The maximum absolute atomic E-state index is 4.22. The average Bonchev–Trinajstić information content (AvgIpc) is 2.83. The molecule has 4 heteroatoms. The minimum Gasteiger partial charge on any atom is -0.266 e. The van der Waals surface area contributed by atoms with Crippen LogP contribution in [0, 0.1) is 0 Å². The van der Waals surface area contributed by atoms with E-state index in [9.17, 15) is 0 Å². The van der Waals surface area contributed by atoms with Crippen LogP contribution in [0.15, 0.2) is 24.3 Å². The summed E-state index contributed by atoms with van der Waals surface area (Å²) in [5.41, 5.74) is 2.06. The predicted molar refractivity (Wildman–Crippen MR) is 58.2 cm³/mol. The normalized spacial score (nSPS) is 16.6. The first kappa shape index (κ1) is 8.59. The number of fused-ring (bicyclic) bond motifs is 1. The van der Waals surface area contributed by atoms with Crippen LogP contribution in [0.25, 0.3) is 11.0 Å². The van der Waals surface area contributed by atoms with Gasteiger partial charge in [0.15, 0.2) is 5.52 Å². The Balaban J connectivity index is 2.23. The van der Waals surface area contributed by atoms with Crippen molar-refractivity contribution in [3.63, 3.8) is 0 Å². The summed E-state index contributed by atoms with van der Waals surface area (Å²) in [7, 11) is 2.11. The molecule has 1 aliphatic rings. The summed E-state index contributed by atoms with van der Waals surface area (Å²) in [4.78, 5) is 0. The van der Waals surface area contributed by atoms with Crippen LogP contribution in [0.2, 0.25) is 0 Å². The number of nitrogens with zero attached hydrogens (tertiary/aromatic N) is 4. The summed E-state index contributed by atoms with van der Waals surface area (Å²) in [6.45, 7) is 1.11. The van der Waals surface area contributed by atoms with Crippen LogP contribution < -0.4 is 0 Å². The van der Waals surface area contributed by atoms with Crippen molar-refractivity contribution in [2.45, 2.75) is 12.8 Å². The van der Waals surface area contributed by atoms with Crippen LogP contribution in [-0.4, -0.2) is 39.0 Å². The summed E-state index contributed by atoms with van der Waals surface area (Å²) in [5.74, 6) is 1.25. The fraction of sp³-hybridized carbons (Fsp3) is 0.364. The second-order valence-corrected chi connectivity index (χ2v) is 3.93. The number of rotatable bonds is 0. The van der Waals surface area contributed by atoms with E-state index in [0.29, 0.717) is 0 Å². The smallest absolute Gasteiger partial charge is 0.266 e. The Morgan fingerprint density at radius 2 is 2.20 bits per heavy atom. The fourth-order valence-electron chi connectivity index (χ4n) is 2.12. The molecular weight excluding hydrogens is 188 g/mol. The molecule has 1 aromatic heterocycles. The van der Waals surface area contributed by atoms with Gasteiger partial charge in [-0.15, -0.1) is 5.10 Å². The van der Waals surface area contributed by atoms with Gasteiger partial charge in [0.2, 0.25) is 0 Å². The monoisotopic (exact) mass is 201 g/mol. The molecule has 0 aliphatic carbocycles. The summed E-state index contributed by atoms with van der Waals surface area (Å²) < 4.78 is 4.21. The highest BCUT2D eigenvalue weighted by molar-refractivity contribution is 5.89. The standard InChI is InChI=1S/C11H13N4/c1-14-8-4-7-11(14)15-10-6-3-2-5-9(10)12-13-15/h2-3,5-6H,4,7-8H2,1H3/q+1. The topological polar surface area (TPSA) is 33.7 Å². The van der Waals surface area contributed by atoms with Crippen LogP contribution in [0.5, 0.6) is 0 Å². The first-order valence-electron chi connectivity index (χ1n) is 5.24. The third-order valence-electron chi connectivity index (χ3n) is 2.93. The maximum Gasteiger partial charge on any atom is 0.279 e. The van der Waals surface area contributed by atoms with E-state index in [-0.39, 0.29) is 0 Å². The van der Waals surface area contributed by atoms with Gasteiger partial charge >= 0.3 is 0 Å². The molecule has 0 saturated carbocycles. The molecule has 76 valence electrons. The lowest BCUT2D eigenvalue weighted by Crippen LogP contribution is -2.19. The molecule has 0 saturated heterocycles. The molecule has 2 heterocycles. The Hall–Kier alpha value is -1.71. The Morgan fingerprint density at radius 3 is 3.00 bits per heavy atom. The Kier molecular flexibility index (Phi) is 1.80. The van der Waals surface area contributed by atoms with Crippen LogP contribution >= 0.6 is 0 Å². The van der Waals surface area contributed by atoms with Crippen molar-refractivity contribution in [3.05, 3.63) is 24.3 Å². The highest BCUT2D eigenvalue weighted by Gasteiger charge is 2.24. The van der Waals surface area contributed by atoms with Gasteiger partial charge in [0, 0.05) is 5.21 Å². The van der Waals surface area contributed by atoms with E-state index >= 15 is 0 Å². The van der Waals surface area contributed by atoms with Gasteiger partial charge in [0.05, 0.1) is 20.0 Å². The SMILES string of the molecule is C[N+]1=C(n2nnc3ccccc32)CCC1. The van der Waals surface area contributed by atoms with E-state index in [1.54, 1.807) is 0 Å². The number of hydrogen-bond donors (Lipinski definition) is 0. The summed E-state index contributed by atoms with van der Waals surface area (Å²) in [6, 6.07) is 8.07. The summed E-state index contributed by atoms with van der Waals surface area (Å²) >= 11 is 0. The third-order valence-corrected chi connectivity index (χ3v) is 2.93. The molecule has 1 aliphatic heterocycles. The van der Waals surface area contributed by atoms with Gasteiger partial charge in [0.25, 0.3) is 5.84 Å². The van der Waals surface area contributed by atoms with Crippen molar-refractivity contribution in [2.75, 3.05) is 13.6 Å². The van der Waals surface area contributed by atoms with Crippen LogP contribution in [0.1, 0.15) is 12.8 Å². The van der Waals surface area contributed by atoms with Gasteiger partial charge in [-0.2, -0.15) is 0 Å². The molecule has 1 aromatic carbocycles. The van der Waals surface area contributed by atoms with Gasteiger partial charge in [-0.05, 0) is 18.6 Å². The molecule has 4 nitrogen and oxygen atoms in total. The highest BCUT2D eigenvalue weighted by atomic mass is 15.5. The Bertz CT molecular complexity index is 538. The van der Waals surface area contributed by atoms with E-state index in [2.05, 4.69) is 28.0 Å². The molecule has 0 fully saturated rings. The summed E-state index contributed by atoms with van der Waals surface area (Å²) in [5, 5.41) is 8.38. The largest absolute Gasteiger partial charge is 0.279 e.